The molecule has 2 heterocycles. The van der Waals surface area contributed by atoms with Crippen LogP contribution in [0.25, 0.3) is 0 Å². The Hall–Kier alpha value is -2.71. The number of ether oxygens (including phenoxy) is 1. The minimum atomic E-state index is -4.46. The third-order valence-corrected chi connectivity index (χ3v) is 5.04. The lowest BCUT2D eigenvalue weighted by molar-refractivity contribution is -0.138. The zero-order valence-corrected chi connectivity index (χ0v) is 16.8. The Balaban J connectivity index is 1.78. The van der Waals surface area contributed by atoms with Crippen molar-refractivity contribution in [2.75, 3.05) is 26.7 Å². The number of benzene rings is 1. The number of methoxy groups -OCH3 is 1. The second-order valence-electron chi connectivity index (χ2n) is 7.07. The molecule has 2 aromatic rings. The van der Waals surface area contributed by atoms with E-state index >= 15 is 0 Å². The molecule has 1 atom stereocenters. The first-order valence-corrected chi connectivity index (χ1v) is 9.57. The van der Waals surface area contributed by atoms with E-state index in [1.807, 2.05) is 26.4 Å². The summed E-state index contributed by atoms with van der Waals surface area (Å²) in [5.74, 6) is 1.14. The van der Waals surface area contributed by atoms with Crippen LogP contribution in [0.1, 0.15) is 36.0 Å². The highest BCUT2D eigenvalue weighted by molar-refractivity contribution is 5.80. The molecular weight excluding hydrogens is 383 g/mol. The molecule has 158 valence electrons. The monoisotopic (exact) mass is 409 g/mol. The number of likely N-dealkylation sites (tertiary alicyclic amines) is 1. The number of hydrogen-bond acceptors (Lipinski definition) is 3. The molecule has 0 amide bonds. The van der Waals surface area contributed by atoms with Crippen molar-refractivity contribution in [1.29, 1.82) is 0 Å². The van der Waals surface area contributed by atoms with E-state index in [-0.39, 0.29) is 17.9 Å². The summed E-state index contributed by atoms with van der Waals surface area (Å²) in [7, 11) is 3.23. The average Bonchev–Trinajstić information content (AvgIpc) is 3.33. The molecule has 1 aliphatic rings. The van der Waals surface area contributed by atoms with Crippen molar-refractivity contribution in [3.63, 3.8) is 0 Å². The summed E-state index contributed by atoms with van der Waals surface area (Å²) in [6, 6.07) is 3.98. The molecule has 6 nitrogen and oxygen atoms in total. The summed E-state index contributed by atoms with van der Waals surface area (Å²) in [6.07, 6.45) is 0.361. The first-order valence-electron chi connectivity index (χ1n) is 9.57. The van der Waals surface area contributed by atoms with Crippen LogP contribution in [0, 0.1) is 0 Å². The van der Waals surface area contributed by atoms with Crippen LogP contribution in [0.2, 0.25) is 0 Å². The van der Waals surface area contributed by atoms with Crippen LogP contribution in [0.4, 0.5) is 13.2 Å². The number of aliphatic imine (C=N–C) groups is 1. The Kier molecular flexibility index (Phi) is 6.34. The standard InChI is InChI=1S/C20H26F3N5O/c1-4-24-19(28-8-7-15(13-28)16-11-26-27(2)12-16)25-10-14-5-6-17(29-3)9-18(14)20(21,22)23/h5-6,9,11-12,15H,4,7-8,10,13H2,1-3H3,(H,24,25). The number of hydrogen-bond donors (Lipinski definition) is 1. The number of guanidine groups is 1. The highest BCUT2D eigenvalue weighted by Crippen LogP contribution is 2.35. The number of aromatic nitrogens is 2. The Morgan fingerprint density at radius 1 is 1.38 bits per heavy atom. The van der Waals surface area contributed by atoms with Crippen LogP contribution in [0.5, 0.6) is 5.75 Å². The molecule has 1 unspecified atom stereocenters. The SMILES string of the molecule is CCNC(=NCc1ccc(OC)cc1C(F)(F)F)N1CCC(c2cnn(C)c2)C1. The number of nitrogens with one attached hydrogen (secondary N) is 1. The fourth-order valence-corrected chi connectivity index (χ4v) is 3.55. The van der Waals surface area contributed by atoms with E-state index in [0.717, 1.165) is 25.6 Å². The van der Waals surface area contributed by atoms with Crippen molar-refractivity contribution in [3.05, 3.63) is 47.3 Å². The summed E-state index contributed by atoms with van der Waals surface area (Å²) in [5, 5.41) is 7.43. The third-order valence-electron chi connectivity index (χ3n) is 5.04. The number of aryl methyl sites for hydroxylation is 1. The highest BCUT2D eigenvalue weighted by Gasteiger charge is 2.34. The zero-order chi connectivity index (χ0) is 21.0. The lowest BCUT2D eigenvalue weighted by atomic mass is 10.0. The minimum absolute atomic E-state index is 0.0603. The molecule has 29 heavy (non-hydrogen) atoms. The quantitative estimate of drug-likeness (QED) is 0.608. The zero-order valence-electron chi connectivity index (χ0n) is 16.8. The molecule has 1 fully saturated rings. The molecule has 3 rings (SSSR count). The summed E-state index contributed by atoms with van der Waals surface area (Å²) < 4.78 is 47.0. The summed E-state index contributed by atoms with van der Waals surface area (Å²) >= 11 is 0. The summed E-state index contributed by atoms with van der Waals surface area (Å²) in [4.78, 5) is 6.59. The smallest absolute Gasteiger partial charge is 0.416 e. The Labute approximate surface area is 168 Å². The summed E-state index contributed by atoms with van der Waals surface area (Å²) in [5.41, 5.74) is 0.572. The second-order valence-corrected chi connectivity index (χ2v) is 7.07. The first kappa shape index (κ1) is 21.0. The normalized spacial score (nSPS) is 17.7. The van der Waals surface area contributed by atoms with Gasteiger partial charge < -0.3 is 15.0 Å². The van der Waals surface area contributed by atoms with Gasteiger partial charge in [-0.2, -0.15) is 18.3 Å². The van der Waals surface area contributed by atoms with Gasteiger partial charge in [-0.25, -0.2) is 4.99 Å². The van der Waals surface area contributed by atoms with Gasteiger partial charge in [0.2, 0.25) is 0 Å². The molecule has 0 spiro atoms. The van der Waals surface area contributed by atoms with Gasteiger partial charge in [0, 0.05) is 38.8 Å². The molecule has 0 radical (unpaired) electrons. The van der Waals surface area contributed by atoms with Crippen LogP contribution in [-0.4, -0.2) is 47.4 Å². The minimum Gasteiger partial charge on any atom is -0.497 e. The molecule has 1 N–H and O–H groups in total. The molecule has 1 aliphatic heterocycles. The largest absolute Gasteiger partial charge is 0.497 e. The van der Waals surface area contributed by atoms with E-state index < -0.39 is 11.7 Å². The Bertz CT molecular complexity index is 862. The predicted octanol–water partition coefficient (Wildman–Crippen LogP) is 3.40. The van der Waals surface area contributed by atoms with Crippen LogP contribution < -0.4 is 10.1 Å². The highest BCUT2D eigenvalue weighted by atomic mass is 19.4. The molecule has 0 aliphatic carbocycles. The van der Waals surface area contributed by atoms with Gasteiger partial charge in [0.15, 0.2) is 5.96 Å². The first-order chi connectivity index (χ1) is 13.8. The van der Waals surface area contributed by atoms with Gasteiger partial charge in [0.25, 0.3) is 0 Å². The topological polar surface area (TPSA) is 54.7 Å². The predicted molar refractivity (Wildman–Crippen MR) is 105 cm³/mol. The molecular formula is C20H26F3N5O. The van der Waals surface area contributed by atoms with Crippen molar-refractivity contribution < 1.29 is 17.9 Å². The number of halogens is 3. The maximum atomic E-state index is 13.4. The van der Waals surface area contributed by atoms with E-state index in [2.05, 4.69) is 20.3 Å². The number of nitrogens with zero attached hydrogens (tertiary/aromatic N) is 4. The fourth-order valence-electron chi connectivity index (χ4n) is 3.55. The van der Waals surface area contributed by atoms with Gasteiger partial charge in [0.05, 0.1) is 25.4 Å². The van der Waals surface area contributed by atoms with Crippen LogP contribution in [-0.2, 0) is 19.8 Å². The summed E-state index contributed by atoms with van der Waals surface area (Å²) in [6.45, 7) is 4.07. The van der Waals surface area contributed by atoms with Crippen molar-refractivity contribution >= 4 is 5.96 Å². The van der Waals surface area contributed by atoms with Crippen molar-refractivity contribution in [1.82, 2.24) is 20.0 Å². The molecule has 1 aromatic carbocycles. The van der Waals surface area contributed by atoms with Crippen molar-refractivity contribution in [2.45, 2.75) is 32.0 Å². The van der Waals surface area contributed by atoms with Gasteiger partial charge >= 0.3 is 6.18 Å². The second kappa shape index (κ2) is 8.75. The van der Waals surface area contributed by atoms with E-state index in [0.29, 0.717) is 18.4 Å². The van der Waals surface area contributed by atoms with E-state index in [4.69, 9.17) is 4.74 Å². The molecule has 0 bridgehead atoms. The lowest BCUT2D eigenvalue weighted by Crippen LogP contribution is -2.40. The van der Waals surface area contributed by atoms with Crippen molar-refractivity contribution in [3.8, 4) is 5.75 Å². The molecule has 0 saturated carbocycles. The van der Waals surface area contributed by atoms with E-state index in [9.17, 15) is 13.2 Å². The Morgan fingerprint density at radius 3 is 2.79 bits per heavy atom. The average molecular weight is 409 g/mol. The lowest BCUT2D eigenvalue weighted by Gasteiger charge is -2.22. The van der Waals surface area contributed by atoms with E-state index in [1.54, 1.807) is 4.68 Å². The van der Waals surface area contributed by atoms with Gasteiger partial charge in [-0.3, -0.25) is 4.68 Å². The van der Waals surface area contributed by atoms with Crippen LogP contribution >= 0.6 is 0 Å². The third kappa shape index (κ3) is 5.02. The number of rotatable bonds is 5. The van der Waals surface area contributed by atoms with Gasteiger partial charge in [-0.05, 0) is 36.6 Å². The molecule has 1 aromatic heterocycles. The van der Waals surface area contributed by atoms with Gasteiger partial charge in [0.1, 0.15) is 5.75 Å². The van der Waals surface area contributed by atoms with Crippen molar-refractivity contribution in [2.24, 2.45) is 12.0 Å². The van der Waals surface area contributed by atoms with Crippen LogP contribution in [0.15, 0.2) is 35.6 Å². The fraction of sp³-hybridized carbons (Fsp3) is 0.500. The van der Waals surface area contributed by atoms with Gasteiger partial charge in [-0.1, -0.05) is 6.07 Å². The van der Waals surface area contributed by atoms with Gasteiger partial charge in [-0.15, -0.1) is 0 Å². The molecule has 9 heteroatoms. The maximum absolute atomic E-state index is 13.4. The number of alkyl halides is 3. The van der Waals surface area contributed by atoms with E-state index in [1.165, 1.54) is 24.8 Å². The maximum Gasteiger partial charge on any atom is 0.416 e. The van der Waals surface area contributed by atoms with Crippen LogP contribution in [0.3, 0.4) is 0 Å². The Morgan fingerprint density at radius 2 is 2.17 bits per heavy atom. The molecule has 1 saturated heterocycles.